The highest BCUT2D eigenvalue weighted by atomic mass is 15.0. The molecule has 86 valence electrons. The van der Waals surface area contributed by atoms with Crippen molar-refractivity contribution in [2.75, 3.05) is 5.32 Å². The first-order chi connectivity index (χ1) is 8.43. The molecule has 1 aliphatic rings. The van der Waals surface area contributed by atoms with Crippen LogP contribution in [0.5, 0.6) is 0 Å². The normalized spacial score (nSPS) is 18.5. The molecule has 17 heavy (non-hydrogen) atoms. The largest absolute Gasteiger partial charge is 0.374 e. The summed E-state index contributed by atoms with van der Waals surface area (Å²) in [4.78, 5) is 12.5. The van der Waals surface area contributed by atoms with Gasteiger partial charge < -0.3 is 5.32 Å². The van der Waals surface area contributed by atoms with Gasteiger partial charge in [0.25, 0.3) is 0 Å². The minimum atomic E-state index is 0.283. The van der Waals surface area contributed by atoms with Crippen molar-refractivity contribution >= 4 is 5.69 Å². The van der Waals surface area contributed by atoms with E-state index in [0.717, 1.165) is 18.5 Å². The van der Waals surface area contributed by atoms with Crippen molar-refractivity contribution in [1.29, 1.82) is 0 Å². The molecule has 3 rings (SSSR count). The second kappa shape index (κ2) is 4.49. The van der Waals surface area contributed by atoms with E-state index in [-0.39, 0.29) is 6.04 Å². The number of fused-ring (bicyclic) bond motifs is 1. The monoisotopic (exact) mass is 226 g/mol. The van der Waals surface area contributed by atoms with Crippen molar-refractivity contribution in [2.45, 2.75) is 25.3 Å². The maximum atomic E-state index is 4.49. The van der Waals surface area contributed by atoms with E-state index in [9.17, 15) is 0 Å². The Morgan fingerprint density at radius 3 is 3.00 bits per heavy atom. The highest BCUT2D eigenvalue weighted by molar-refractivity contribution is 5.41. The van der Waals surface area contributed by atoms with Crippen LogP contribution in [0.15, 0.2) is 37.1 Å². The Balaban J connectivity index is 1.86. The van der Waals surface area contributed by atoms with E-state index in [1.165, 1.54) is 24.0 Å². The molecule has 2 aromatic rings. The Morgan fingerprint density at radius 2 is 2.12 bits per heavy atom. The van der Waals surface area contributed by atoms with Crippen LogP contribution in [0.2, 0.25) is 0 Å². The lowest BCUT2D eigenvalue weighted by atomic mass is 9.92. The molecule has 0 saturated heterocycles. The van der Waals surface area contributed by atoms with Crippen LogP contribution in [0.4, 0.5) is 5.69 Å². The van der Waals surface area contributed by atoms with Gasteiger partial charge in [0.15, 0.2) is 0 Å². The Kier molecular flexibility index (Phi) is 2.69. The predicted octanol–water partition coefficient (Wildman–Crippen LogP) is 2.36. The Bertz CT molecular complexity index is 498. The highest BCUT2D eigenvalue weighted by Crippen LogP contribution is 2.30. The predicted molar refractivity (Wildman–Crippen MR) is 65.6 cm³/mol. The molecule has 1 atom stereocenters. The Hall–Kier alpha value is -1.97. The Labute approximate surface area is 100 Å². The smallest absolute Gasteiger partial charge is 0.115 e. The van der Waals surface area contributed by atoms with Crippen molar-refractivity contribution in [3.63, 3.8) is 0 Å². The van der Waals surface area contributed by atoms with Gasteiger partial charge in [-0.3, -0.25) is 4.98 Å². The number of anilines is 1. The van der Waals surface area contributed by atoms with Crippen LogP contribution in [0.1, 0.15) is 30.1 Å². The summed E-state index contributed by atoms with van der Waals surface area (Å²) in [5.74, 6) is 0. The van der Waals surface area contributed by atoms with E-state index in [1.807, 2.05) is 12.3 Å². The van der Waals surface area contributed by atoms with Crippen LogP contribution in [-0.4, -0.2) is 15.0 Å². The van der Waals surface area contributed by atoms with Crippen LogP contribution < -0.4 is 5.32 Å². The lowest BCUT2D eigenvalue weighted by Gasteiger charge is -2.25. The van der Waals surface area contributed by atoms with Gasteiger partial charge in [-0.25, -0.2) is 9.97 Å². The molecule has 0 amide bonds. The fraction of sp³-hybridized carbons (Fsp3) is 0.308. The van der Waals surface area contributed by atoms with Crippen molar-refractivity contribution in [3.05, 3.63) is 48.3 Å². The molecule has 0 radical (unpaired) electrons. The first kappa shape index (κ1) is 10.2. The fourth-order valence-electron chi connectivity index (χ4n) is 2.32. The molecule has 1 unspecified atom stereocenters. The number of pyridine rings is 1. The van der Waals surface area contributed by atoms with Gasteiger partial charge in [0, 0.05) is 6.20 Å². The third kappa shape index (κ3) is 2.11. The summed E-state index contributed by atoms with van der Waals surface area (Å²) in [5, 5.41) is 3.45. The van der Waals surface area contributed by atoms with Crippen molar-refractivity contribution in [1.82, 2.24) is 15.0 Å². The van der Waals surface area contributed by atoms with Gasteiger partial charge in [0.2, 0.25) is 0 Å². The fourth-order valence-corrected chi connectivity index (χ4v) is 2.32. The molecule has 2 heterocycles. The van der Waals surface area contributed by atoms with Crippen molar-refractivity contribution < 1.29 is 0 Å². The van der Waals surface area contributed by atoms with Gasteiger partial charge >= 0.3 is 0 Å². The van der Waals surface area contributed by atoms with Gasteiger partial charge in [-0.2, -0.15) is 0 Å². The minimum Gasteiger partial charge on any atom is -0.374 e. The number of nitrogens with zero attached hydrogens (tertiary/aromatic N) is 3. The van der Waals surface area contributed by atoms with E-state index >= 15 is 0 Å². The maximum Gasteiger partial charge on any atom is 0.115 e. The number of hydrogen-bond acceptors (Lipinski definition) is 4. The highest BCUT2D eigenvalue weighted by Gasteiger charge is 2.20. The third-order valence-corrected chi connectivity index (χ3v) is 3.10. The number of aryl methyl sites for hydroxylation is 1. The summed E-state index contributed by atoms with van der Waals surface area (Å²) >= 11 is 0. The number of hydrogen-bond donors (Lipinski definition) is 1. The SMILES string of the molecule is c1cnc2c(c1)CCCC2Nc1cncnc1. The number of aromatic nitrogens is 3. The molecule has 0 saturated carbocycles. The quantitative estimate of drug-likeness (QED) is 0.854. The van der Waals surface area contributed by atoms with Crippen molar-refractivity contribution in [2.24, 2.45) is 0 Å². The lowest BCUT2D eigenvalue weighted by Crippen LogP contribution is -2.18. The summed E-state index contributed by atoms with van der Waals surface area (Å²) < 4.78 is 0. The molecule has 0 aromatic carbocycles. The molecular weight excluding hydrogens is 212 g/mol. The summed E-state index contributed by atoms with van der Waals surface area (Å²) in [6.45, 7) is 0. The third-order valence-electron chi connectivity index (χ3n) is 3.10. The molecule has 1 aliphatic carbocycles. The van der Waals surface area contributed by atoms with Crippen molar-refractivity contribution in [3.8, 4) is 0 Å². The van der Waals surface area contributed by atoms with Crippen LogP contribution in [0.3, 0.4) is 0 Å². The van der Waals surface area contributed by atoms with E-state index in [4.69, 9.17) is 0 Å². The molecule has 0 aliphatic heterocycles. The molecule has 4 nitrogen and oxygen atoms in total. The van der Waals surface area contributed by atoms with Gasteiger partial charge in [-0.1, -0.05) is 6.07 Å². The second-order valence-corrected chi connectivity index (χ2v) is 4.26. The molecule has 1 N–H and O–H groups in total. The van der Waals surface area contributed by atoms with Crippen LogP contribution in [0, 0.1) is 0 Å². The summed E-state index contributed by atoms with van der Waals surface area (Å²) in [5.41, 5.74) is 3.48. The van der Waals surface area contributed by atoms with E-state index in [0.29, 0.717) is 0 Å². The van der Waals surface area contributed by atoms with Crippen LogP contribution in [-0.2, 0) is 6.42 Å². The number of rotatable bonds is 2. The van der Waals surface area contributed by atoms with E-state index < -0.39 is 0 Å². The number of nitrogens with one attached hydrogen (secondary N) is 1. The first-order valence-corrected chi connectivity index (χ1v) is 5.89. The zero-order valence-corrected chi connectivity index (χ0v) is 9.50. The standard InChI is InChI=1S/C13H14N4/c1-3-10-4-2-6-16-13(10)12(5-1)17-11-7-14-9-15-8-11/h2,4,6-9,12,17H,1,3,5H2. The average Bonchev–Trinajstić information content (AvgIpc) is 2.40. The first-order valence-electron chi connectivity index (χ1n) is 5.89. The van der Waals surface area contributed by atoms with E-state index in [1.54, 1.807) is 12.4 Å². The summed E-state index contributed by atoms with van der Waals surface area (Å²) in [6, 6.07) is 4.45. The maximum absolute atomic E-state index is 4.49. The summed E-state index contributed by atoms with van der Waals surface area (Å²) in [6.07, 6.45) is 10.4. The van der Waals surface area contributed by atoms with Gasteiger partial charge in [0.05, 0.1) is 29.8 Å². The zero-order chi connectivity index (χ0) is 11.5. The minimum absolute atomic E-state index is 0.283. The zero-order valence-electron chi connectivity index (χ0n) is 9.50. The van der Waals surface area contributed by atoms with Crippen LogP contribution in [0.25, 0.3) is 0 Å². The van der Waals surface area contributed by atoms with Gasteiger partial charge in [-0.15, -0.1) is 0 Å². The molecule has 0 spiro atoms. The summed E-state index contributed by atoms with van der Waals surface area (Å²) in [7, 11) is 0. The molecule has 4 heteroatoms. The topological polar surface area (TPSA) is 50.7 Å². The molecule has 0 fully saturated rings. The van der Waals surface area contributed by atoms with Gasteiger partial charge in [0.1, 0.15) is 6.33 Å². The van der Waals surface area contributed by atoms with Gasteiger partial charge in [-0.05, 0) is 30.9 Å². The second-order valence-electron chi connectivity index (χ2n) is 4.26. The average molecular weight is 226 g/mol. The molecular formula is C13H14N4. The van der Waals surface area contributed by atoms with E-state index in [2.05, 4.69) is 26.3 Å². The molecule has 0 bridgehead atoms. The lowest BCUT2D eigenvalue weighted by molar-refractivity contribution is 0.583. The van der Waals surface area contributed by atoms with Crippen LogP contribution >= 0.6 is 0 Å². The molecule has 2 aromatic heterocycles. The Morgan fingerprint density at radius 1 is 1.24 bits per heavy atom.